The van der Waals surface area contributed by atoms with Crippen molar-refractivity contribution >= 4 is 29.5 Å². The van der Waals surface area contributed by atoms with Crippen LogP contribution in [-0.2, 0) is 15.1 Å². The summed E-state index contributed by atoms with van der Waals surface area (Å²) in [5.74, 6) is 0.790. The molecule has 0 radical (unpaired) electrons. The number of thioether (sulfide) groups is 1. The van der Waals surface area contributed by atoms with Crippen LogP contribution in [0.4, 0.5) is 0 Å². The fourth-order valence-electron chi connectivity index (χ4n) is 3.64. The SMILES string of the molecule is C=C(C)C(=O)OC1(C2CCCS2)c2ccccc2Sc2ccccc21. The molecule has 2 aromatic rings. The summed E-state index contributed by atoms with van der Waals surface area (Å²) in [5, 5.41) is 0.221. The van der Waals surface area contributed by atoms with Gasteiger partial charge in [-0.3, -0.25) is 0 Å². The van der Waals surface area contributed by atoms with E-state index in [1.54, 1.807) is 18.7 Å². The summed E-state index contributed by atoms with van der Waals surface area (Å²) in [6, 6.07) is 16.6. The molecule has 0 bridgehead atoms. The van der Waals surface area contributed by atoms with Crippen molar-refractivity contribution in [1.29, 1.82) is 0 Å². The number of rotatable bonds is 3. The molecule has 0 amide bonds. The Labute approximate surface area is 157 Å². The van der Waals surface area contributed by atoms with E-state index < -0.39 is 5.60 Å². The lowest BCUT2D eigenvalue weighted by Gasteiger charge is -2.43. The fraction of sp³-hybridized carbons (Fsp3) is 0.286. The minimum Gasteiger partial charge on any atom is -0.445 e. The monoisotopic (exact) mass is 368 g/mol. The van der Waals surface area contributed by atoms with Gasteiger partial charge in [-0.1, -0.05) is 54.7 Å². The Morgan fingerprint density at radius 1 is 1.12 bits per heavy atom. The van der Waals surface area contributed by atoms with Crippen LogP contribution < -0.4 is 0 Å². The zero-order valence-electron chi connectivity index (χ0n) is 14.2. The van der Waals surface area contributed by atoms with E-state index in [4.69, 9.17) is 4.74 Å². The Bertz CT molecular complexity index is 792. The van der Waals surface area contributed by atoms with Gasteiger partial charge in [-0.25, -0.2) is 4.79 Å². The van der Waals surface area contributed by atoms with Crippen LogP contribution in [0.25, 0.3) is 0 Å². The van der Waals surface area contributed by atoms with E-state index in [1.165, 1.54) is 9.79 Å². The smallest absolute Gasteiger partial charge is 0.334 e. The molecule has 0 N–H and O–H groups in total. The fourth-order valence-corrected chi connectivity index (χ4v) is 6.32. The predicted octanol–water partition coefficient (Wildman–Crippen LogP) is 5.41. The summed E-state index contributed by atoms with van der Waals surface area (Å²) >= 11 is 3.67. The van der Waals surface area contributed by atoms with Crippen molar-refractivity contribution < 1.29 is 9.53 Å². The van der Waals surface area contributed by atoms with E-state index in [-0.39, 0.29) is 11.2 Å². The van der Waals surface area contributed by atoms with E-state index >= 15 is 0 Å². The summed E-state index contributed by atoms with van der Waals surface area (Å²) in [7, 11) is 0. The van der Waals surface area contributed by atoms with Gasteiger partial charge in [0.05, 0.1) is 5.25 Å². The number of carbonyl (C=O) groups excluding carboxylic acids is 1. The Morgan fingerprint density at radius 2 is 1.72 bits per heavy atom. The van der Waals surface area contributed by atoms with E-state index in [9.17, 15) is 4.79 Å². The Morgan fingerprint density at radius 3 is 2.24 bits per heavy atom. The number of ether oxygens (including phenoxy) is 1. The molecular weight excluding hydrogens is 348 g/mol. The molecule has 2 nitrogen and oxygen atoms in total. The Kier molecular flexibility index (Phi) is 4.42. The molecule has 1 fully saturated rings. The van der Waals surface area contributed by atoms with Gasteiger partial charge in [0.1, 0.15) is 0 Å². The average Bonchev–Trinajstić information content (AvgIpc) is 3.16. The molecule has 2 aliphatic heterocycles. The summed E-state index contributed by atoms with van der Waals surface area (Å²) in [6.45, 7) is 5.52. The zero-order chi connectivity index (χ0) is 17.4. The summed E-state index contributed by atoms with van der Waals surface area (Å²) in [4.78, 5) is 15.0. The minimum atomic E-state index is -0.740. The zero-order valence-corrected chi connectivity index (χ0v) is 15.8. The molecule has 25 heavy (non-hydrogen) atoms. The molecule has 0 saturated carbocycles. The number of hydrogen-bond acceptors (Lipinski definition) is 4. The highest BCUT2D eigenvalue weighted by atomic mass is 32.2. The second-order valence-electron chi connectivity index (χ2n) is 6.50. The third kappa shape index (κ3) is 2.72. The van der Waals surface area contributed by atoms with Crippen molar-refractivity contribution in [3.63, 3.8) is 0 Å². The number of benzene rings is 2. The van der Waals surface area contributed by atoms with Crippen molar-refractivity contribution in [3.8, 4) is 0 Å². The maximum atomic E-state index is 12.7. The van der Waals surface area contributed by atoms with Gasteiger partial charge in [-0.15, -0.1) is 0 Å². The van der Waals surface area contributed by atoms with Crippen molar-refractivity contribution in [2.45, 2.75) is 40.4 Å². The van der Waals surface area contributed by atoms with Crippen molar-refractivity contribution in [1.82, 2.24) is 0 Å². The first-order chi connectivity index (χ1) is 12.1. The van der Waals surface area contributed by atoms with Crippen LogP contribution in [-0.4, -0.2) is 17.0 Å². The van der Waals surface area contributed by atoms with Crippen LogP contribution >= 0.6 is 23.5 Å². The van der Waals surface area contributed by atoms with E-state index in [1.807, 2.05) is 36.0 Å². The second kappa shape index (κ2) is 6.58. The van der Waals surface area contributed by atoms with Crippen molar-refractivity contribution in [2.75, 3.05) is 5.75 Å². The highest BCUT2D eigenvalue weighted by Gasteiger charge is 2.51. The molecule has 0 spiro atoms. The van der Waals surface area contributed by atoms with E-state index in [0.717, 1.165) is 29.7 Å². The molecule has 1 atom stereocenters. The maximum absolute atomic E-state index is 12.7. The molecule has 128 valence electrons. The van der Waals surface area contributed by atoms with Crippen LogP contribution in [0.15, 0.2) is 70.5 Å². The molecule has 4 rings (SSSR count). The van der Waals surface area contributed by atoms with E-state index in [0.29, 0.717) is 5.57 Å². The normalized spacial score (nSPS) is 20.4. The quantitative estimate of drug-likeness (QED) is 0.534. The highest BCUT2D eigenvalue weighted by Crippen LogP contribution is 2.56. The molecule has 2 aromatic carbocycles. The molecule has 1 saturated heterocycles. The van der Waals surface area contributed by atoms with Gasteiger partial charge in [0, 0.05) is 26.5 Å². The van der Waals surface area contributed by atoms with Gasteiger partial charge in [0.2, 0.25) is 0 Å². The van der Waals surface area contributed by atoms with Crippen molar-refractivity contribution in [3.05, 3.63) is 71.8 Å². The second-order valence-corrected chi connectivity index (χ2v) is 8.90. The third-order valence-corrected chi connectivity index (χ3v) is 7.43. The van der Waals surface area contributed by atoms with Gasteiger partial charge in [0.15, 0.2) is 5.60 Å². The highest BCUT2D eigenvalue weighted by molar-refractivity contribution is 8.00. The molecule has 4 heteroatoms. The van der Waals surface area contributed by atoms with Crippen LogP contribution in [0.2, 0.25) is 0 Å². The topological polar surface area (TPSA) is 26.3 Å². The Hall–Kier alpha value is -1.65. The number of fused-ring (bicyclic) bond motifs is 2. The van der Waals surface area contributed by atoms with Gasteiger partial charge < -0.3 is 4.74 Å². The third-order valence-electron chi connectivity index (χ3n) is 4.78. The first-order valence-electron chi connectivity index (χ1n) is 8.50. The number of esters is 1. The van der Waals surface area contributed by atoms with Crippen LogP contribution in [0.1, 0.15) is 30.9 Å². The lowest BCUT2D eigenvalue weighted by atomic mass is 9.81. The summed E-state index contributed by atoms with van der Waals surface area (Å²) < 4.78 is 6.30. The standard InChI is InChI=1S/C21H20O2S2/c1-14(2)20(22)23-21(19-12-7-13-24-19)15-8-3-5-10-17(15)25-18-11-6-4-9-16(18)21/h3-6,8-11,19H,1,7,12-13H2,2H3. The lowest BCUT2D eigenvalue weighted by Crippen LogP contribution is -2.44. The molecule has 2 aliphatic rings. The van der Waals surface area contributed by atoms with Crippen LogP contribution in [0, 0.1) is 0 Å². The number of carbonyl (C=O) groups is 1. The molecule has 1 unspecified atom stereocenters. The molecule has 0 aromatic heterocycles. The van der Waals surface area contributed by atoms with Crippen LogP contribution in [0.3, 0.4) is 0 Å². The summed E-state index contributed by atoms with van der Waals surface area (Å²) in [6.07, 6.45) is 2.20. The lowest BCUT2D eigenvalue weighted by molar-refractivity contribution is -0.152. The van der Waals surface area contributed by atoms with E-state index in [2.05, 4.69) is 30.8 Å². The summed E-state index contributed by atoms with van der Waals surface area (Å²) in [5.41, 5.74) is 1.91. The largest absolute Gasteiger partial charge is 0.445 e. The average molecular weight is 369 g/mol. The minimum absolute atomic E-state index is 0.221. The van der Waals surface area contributed by atoms with Crippen molar-refractivity contribution in [2.24, 2.45) is 0 Å². The van der Waals surface area contributed by atoms with Gasteiger partial charge in [0.25, 0.3) is 0 Å². The van der Waals surface area contributed by atoms with Crippen LogP contribution in [0.5, 0.6) is 0 Å². The first kappa shape index (κ1) is 16.8. The Balaban J connectivity index is 1.98. The molecular formula is C21H20O2S2. The van der Waals surface area contributed by atoms with Gasteiger partial charge in [-0.2, -0.15) is 11.8 Å². The predicted molar refractivity (Wildman–Crippen MR) is 104 cm³/mol. The first-order valence-corrected chi connectivity index (χ1v) is 10.4. The van der Waals surface area contributed by atoms with Gasteiger partial charge >= 0.3 is 5.97 Å². The number of hydrogen-bond donors (Lipinski definition) is 0. The maximum Gasteiger partial charge on any atom is 0.334 e. The molecule has 0 aliphatic carbocycles. The van der Waals surface area contributed by atoms with Gasteiger partial charge in [-0.05, 0) is 37.7 Å². The molecule has 2 heterocycles.